The fourth-order valence-electron chi connectivity index (χ4n) is 3.96. The number of benzene rings is 1. The maximum atomic E-state index is 13.1. The summed E-state index contributed by atoms with van der Waals surface area (Å²) < 4.78 is 39.3. The molecule has 1 aromatic carbocycles. The number of nitrogens with one attached hydrogen (secondary N) is 1. The van der Waals surface area contributed by atoms with Crippen molar-refractivity contribution in [2.75, 3.05) is 19.6 Å². The molecule has 0 radical (unpaired) electrons. The van der Waals surface area contributed by atoms with Crippen LogP contribution in [0, 0.1) is 5.92 Å². The van der Waals surface area contributed by atoms with Gasteiger partial charge < -0.3 is 5.32 Å². The molecule has 134 valence electrons. The van der Waals surface area contributed by atoms with E-state index >= 15 is 0 Å². The molecule has 0 bridgehead atoms. The van der Waals surface area contributed by atoms with Gasteiger partial charge in [0, 0.05) is 25.7 Å². The number of nitrogens with zero attached hydrogens (tertiary/aromatic N) is 1. The van der Waals surface area contributed by atoms with E-state index in [1.807, 2.05) is 0 Å². The van der Waals surface area contributed by atoms with Crippen LogP contribution in [0.25, 0.3) is 0 Å². The maximum Gasteiger partial charge on any atom is 0.417 e. The van der Waals surface area contributed by atoms with Crippen LogP contribution in [-0.2, 0) is 12.7 Å². The Morgan fingerprint density at radius 2 is 1.92 bits per heavy atom. The molecule has 0 spiro atoms. The van der Waals surface area contributed by atoms with E-state index in [1.54, 1.807) is 6.07 Å². The first-order valence-corrected chi connectivity index (χ1v) is 9.12. The summed E-state index contributed by atoms with van der Waals surface area (Å²) in [7, 11) is 0. The lowest BCUT2D eigenvalue weighted by Crippen LogP contribution is -2.39. The summed E-state index contributed by atoms with van der Waals surface area (Å²) in [5.41, 5.74) is -0.150. The zero-order valence-corrected chi connectivity index (χ0v) is 14.5. The van der Waals surface area contributed by atoms with Crippen LogP contribution in [0.1, 0.15) is 43.2 Å². The summed E-state index contributed by atoms with van der Waals surface area (Å²) in [5.74, 6) is 0.662. The van der Waals surface area contributed by atoms with Gasteiger partial charge in [-0.05, 0) is 43.4 Å². The van der Waals surface area contributed by atoms with Crippen LogP contribution in [-0.4, -0.2) is 30.6 Å². The van der Waals surface area contributed by atoms with Gasteiger partial charge >= 0.3 is 6.18 Å². The largest absolute Gasteiger partial charge is 0.417 e. The van der Waals surface area contributed by atoms with Gasteiger partial charge in [0.25, 0.3) is 0 Å². The lowest BCUT2D eigenvalue weighted by atomic mass is 10.0. The second-order valence-electron chi connectivity index (χ2n) is 7.00. The van der Waals surface area contributed by atoms with Crippen molar-refractivity contribution in [3.05, 3.63) is 34.3 Å². The van der Waals surface area contributed by atoms with Gasteiger partial charge in [-0.25, -0.2) is 0 Å². The van der Waals surface area contributed by atoms with E-state index in [0.29, 0.717) is 24.1 Å². The van der Waals surface area contributed by atoms with Gasteiger partial charge in [0.1, 0.15) is 0 Å². The Kier molecular flexibility index (Phi) is 5.73. The van der Waals surface area contributed by atoms with Crippen molar-refractivity contribution in [2.24, 2.45) is 5.92 Å². The zero-order chi connectivity index (χ0) is 17.2. The fraction of sp³-hybridized carbons (Fsp3) is 0.667. The first-order chi connectivity index (χ1) is 11.4. The molecule has 0 aromatic heterocycles. The van der Waals surface area contributed by atoms with E-state index in [2.05, 4.69) is 10.2 Å². The first kappa shape index (κ1) is 18.0. The Balaban J connectivity index is 1.78. The van der Waals surface area contributed by atoms with Crippen LogP contribution in [0.5, 0.6) is 0 Å². The van der Waals surface area contributed by atoms with Gasteiger partial charge in [-0.3, -0.25) is 4.90 Å². The number of alkyl halides is 3. The summed E-state index contributed by atoms with van der Waals surface area (Å²) in [6.45, 7) is 3.33. The standard InChI is InChI=1S/C18H24ClF3N2/c19-17-14(6-3-7-16(17)18(20,21)22)12-24(15-8-9-23-10-15)11-13-4-1-2-5-13/h3,6-7,13,15,23H,1-2,4-5,8-12H2/t15-/m0/s1. The topological polar surface area (TPSA) is 15.3 Å². The molecule has 1 atom stereocenters. The molecule has 1 heterocycles. The average Bonchev–Trinajstić information content (AvgIpc) is 3.20. The SMILES string of the molecule is FC(F)(F)c1cccc(CN(CC2CCCC2)[C@H]2CCNC2)c1Cl. The lowest BCUT2D eigenvalue weighted by Gasteiger charge is -2.31. The molecule has 0 amide bonds. The normalized spacial score (nSPS) is 22.6. The summed E-state index contributed by atoms with van der Waals surface area (Å²) in [6, 6.07) is 4.63. The van der Waals surface area contributed by atoms with Crippen LogP contribution in [0.3, 0.4) is 0 Å². The maximum absolute atomic E-state index is 13.1. The molecule has 1 N–H and O–H groups in total. The summed E-state index contributed by atoms with van der Waals surface area (Å²) in [6.07, 6.45) is 1.64. The molecule has 1 saturated carbocycles. The number of hydrogen-bond donors (Lipinski definition) is 1. The first-order valence-electron chi connectivity index (χ1n) is 8.74. The predicted octanol–water partition coefficient (Wildman–Crippen LogP) is 4.71. The summed E-state index contributed by atoms with van der Waals surface area (Å²) >= 11 is 6.10. The van der Waals surface area contributed by atoms with Crippen molar-refractivity contribution in [3.8, 4) is 0 Å². The Hall–Kier alpha value is -0.780. The number of hydrogen-bond acceptors (Lipinski definition) is 2. The van der Waals surface area contributed by atoms with Crippen LogP contribution in [0.15, 0.2) is 18.2 Å². The lowest BCUT2D eigenvalue weighted by molar-refractivity contribution is -0.137. The van der Waals surface area contributed by atoms with E-state index in [9.17, 15) is 13.2 Å². The van der Waals surface area contributed by atoms with Crippen molar-refractivity contribution >= 4 is 11.6 Å². The smallest absolute Gasteiger partial charge is 0.315 e. The molecule has 2 fully saturated rings. The Morgan fingerprint density at radius 3 is 2.54 bits per heavy atom. The molecule has 2 aliphatic rings. The Morgan fingerprint density at radius 1 is 1.17 bits per heavy atom. The molecule has 1 saturated heterocycles. The molecule has 1 aromatic rings. The van der Waals surface area contributed by atoms with Crippen LogP contribution < -0.4 is 5.32 Å². The van der Waals surface area contributed by atoms with Crippen molar-refractivity contribution in [1.29, 1.82) is 0 Å². The second kappa shape index (κ2) is 7.63. The Labute approximate surface area is 146 Å². The van der Waals surface area contributed by atoms with E-state index in [1.165, 1.54) is 31.7 Å². The fourth-order valence-corrected chi connectivity index (χ4v) is 4.25. The average molecular weight is 361 g/mol. The third-order valence-electron chi connectivity index (χ3n) is 5.28. The second-order valence-corrected chi connectivity index (χ2v) is 7.38. The highest BCUT2D eigenvalue weighted by Gasteiger charge is 2.34. The van der Waals surface area contributed by atoms with E-state index in [-0.39, 0.29) is 5.02 Å². The monoisotopic (exact) mass is 360 g/mol. The molecule has 0 unspecified atom stereocenters. The van der Waals surface area contributed by atoms with Crippen LogP contribution in [0.4, 0.5) is 13.2 Å². The minimum Gasteiger partial charge on any atom is -0.315 e. The molecule has 1 aliphatic carbocycles. The molecule has 3 rings (SSSR count). The summed E-state index contributed by atoms with van der Waals surface area (Å²) in [5, 5.41) is 3.21. The molecular weight excluding hydrogens is 337 g/mol. The van der Waals surface area contributed by atoms with E-state index in [0.717, 1.165) is 32.1 Å². The van der Waals surface area contributed by atoms with E-state index in [4.69, 9.17) is 11.6 Å². The van der Waals surface area contributed by atoms with Gasteiger partial charge in [0.05, 0.1) is 10.6 Å². The molecule has 24 heavy (non-hydrogen) atoms. The van der Waals surface area contributed by atoms with Gasteiger partial charge in [0.15, 0.2) is 0 Å². The zero-order valence-electron chi connectivity index (χ0n) is 13.7. The molecular formula is C18H24ClF3N2. The molecule has 1 aliphatic heterocycles. The van der Waals surface area contributed by atoms with Crippen molar-refractivity contribution < 1.29 is 13.2 Å². The highest BCUT2D eigenvalue weighted by Crippen LogP contribution is 2.37. The van der Waals surface area contributed by atoms with Gasteiger partial charge in [-0.1, -0.05) is 36.6 Å². The van der Waals surface area contributed by atoms with Gasteiger partial charge in [-0.15, -0.1) is 0 Å². The highest BCUT2D eigenvalue weighted by atomic mass is 35.5. The quantitative estimate of drug-likeness (QED) is 0.817. The molecule has 2 nitrogen and oxygen atoms in total. The number of rotatable bonds is 5. The number of halogens is 4. The van der Waals surface area contributed by atoms with Crippen LogP contribution >= 0.6 is 11.6 Å². The summed E-state index contributed by atoms with van der Waals surface area (Å²) in [4.78, 5) is 2.34. The highest BCUT2D eigenvalue weighted by molar-refractivity contribution is 6.32. The molecule has 6 heteroatoms. The van der Waals surface area contributed by atoms with Crippen molar-refractivity contribution in [1.82, 2.24) is 10.2 Å². The predicted molar refractivity (Wildman–Crippen MR) is 90.1 cm³/mol. The Bertz CT molecular complexity index is 550. The van der Waals surface area contributed by atoms with Gasteiger partial charge in [-0.2, -0.15) is 13.2 Å². The van der Waals surface area contributed by atoms with Crippen molar-refractivity contribution in [3.63, 3.8) is 0 Å². The van der Waals surface area contributed by atoms with E-state index < -0.39 is 11.7 Å². The minimum absolute atomic E-state index is 0.146. The third kappa shape index (κ3) is 4.24. The third-order valence-corrected chi connectivity index (χ3v) is 5.72. The van der Waals surface area contributed by atoms with Crippen LogP contribution in [0.2, 0.25) is 5.02 Å². The van der Waals surface area contributed by atoms with Crippen molar-refractivity contribution in [2.45, 2.75) is 50.9 Å². The van der Waals surface area contributed by atoms with Gasteiger partial charge in [0.2, 0.25) is 0 Å². The minimum atomic E-state index is -4.40.